The van der Waals surface area contributed by atoms with Crippen molar-refractivity contribution >= 4 is 10.0 Å². The van der Waals surface area contributed by atoms with Crippen LogP contribution >= 0.6 is 0 Å². The zero-order chi connectivity index (χ0) is 15.3. The van der Waals surface area contributed by atoms with Crippen molar-refractivity contribution in [3.63, 3.8) is 0 Å². The van der Waals surface area contributed by atoms with E-state index in [1.165, 1.54) is 32.1 Å². The van der Waals surface area contributed by atoms with E-state index in [0.29, 0.717) is 37.3 Å². The second-order valence-electron chi connectivity index (χ2n) is 6.78. The third-order valence-electron chi connectivity index (χ3n) is 5.20. The van der Waals surface area contributed by atoms with Crippen molar-refractivity contribution in [2.45, 2.75) is 77.3 Å². The molecule has 4 nitrogen and oxygen atoms in total. The maximum Gasteiger partial charge on any atom is 0.214 e. The minimum atomic E-state index is -3.00. The van der Waals surface area contributed by atoms with Crippen LogP contribution in [0, 0.1) is 5.92 Å². The van der Waals surface area contributed by atoms with Crippen LogP contribution in [0.3, 0.4) is 0 Å². The number of hydrogen-bond donors (Lipinski definition) is 1. The number of rotatable bonds is 6. The predicted octanol–water partition coefficient (Wildman–Crippen LogP) is 2.75. The highest BCUT2D eigenvalue weighted by Crippen LogP contribution is 2.27. The standard InChI is InChI=1S/C16H32N2O2S/c1-3-13-21(19,20)18-11-9-16(10-12-18)17-15-7-5-14(4-2)6-8-15/h14-17H,3-13H2,1-2H3. The van der Waals surface area contributed by atoms with Crippen LogP contribution in [0.15, 0.2) is 0 Å². The summed E-state index contributed by atoms with van der Waals surface area (Å²) in [6.07, 6.45) is 9.28. The largest absolute Gasteiger partial charge is 0.311 e. The fourth-order valence-electron chi connectivity index (χ4n) is 3.76. The molecule has 21 heavy (non-hydrogen) atoms. The molecule has 0 aromatic heterocycles. The molecule has 1 aliphatic heterocycles. The Balaban J connectivity index is 1.72. The molecule has 1 heterocycles. The number of nitrogens with zero attached hydrogens (tertiary/aromatic N) is 1. The Kier molecular flexibility index (Phi) is 6.51. The number of hydrogen-bond acceptors (Lipinski definition) is 3. The Bertz CT molecular complexity index is 395. The van der Waals surface area contributed by atoms with Crippen molar-refractivity contribution in [3.05, 3.63) is 0 Å². The molecular weight excluding hydrogens is 284 g/mol. The molecule has 0 atom stereocenters. The van der Waals surface area contributed by atoms with Crippen molar-refractivity contribution in [2.75, 3.05) is 18.8 Å². The molecule has 1 saturated carbocycles. The number of nitrogens with one attached hydrogen (secondary N) is 1. The first-order chi connectivity index (χ1) is 10.0. The van der Waals surface area contributed by atoms with E-state index < -0.39 is 10.0 Å². The van der Waals surface area contributed by atoms with Crippen LogP contribution in [0.4, 0.5) is 0 Å². The normalized spacial score (nSPS) is 29.6. The zero-order valence-corrected chi connectivity index (χ0v) is 14.5. The van der Waals surface area contributed by atoms with Gasteiger partial charge in [0.2, 0.25) is 10.0 Å². The molecule has 2 rings (SSSR count). The SMILES string of the molecule is CCCS(=O)(=O)N1CCC(NC2CCC(CC)CC2)CC1. The van der Waals surface area contributed by atoms with Crippen molar-refractivity contribution in [2.24, 2.45) is 5.92 Å². The Morgan fingerprint density at radius 3 is 2.05 bits per heavy atom. The summed E-state index contributed by atoms with van der Waals surface area (Å²) in [5, 5.41) is 3.78. The highest BCUT2D eigenvalue weighted by molar-refractivity contribution is 7.89. The van der Waals surface area contributed by atoms with Gasteiger partial charge in [0.05, 0.1) is 5.75 Å². The molecule has 0 amide bonds. The first-order valence-electron chi connectivity index (χ1n) is 8.79. The smallest absolute Gasteiger partial charge is 0.214 e. The van der Waals surface area contributed by atoms with Crippen LogP contribution in [-0.4, -0.2) is 43.6 Å². The van der Waals surface area contributed by atoms with E-state index in [1.54, 1.807) is 4.31 Å². The summed E-state index contributed by atoms with van der Waals surface area (Å²) in [6, 6.07) is 1.18. The minimum absolute atomic E-state index is 0.298. The summed E-state index contributed by atoms with van der Waals surface area (Å²) in [5.74, 6) is 1.23. The quantitative estimate of drug-likeness (QED) is 0.820. The molecule has 1 saturated heterocycles. The first-order valence-corrected chi connectivity index (χ1v) is 10.4. The monoisotopic (exact) mass is 316 g/mol. The minimum Gasteiger partial charge on any atom is -0.311 e. The fraction of sp³-hybridized carbons (Fsp3) is 1.00. The van der Waals surface area contributed by atoms with Gasteiger partial charge in [-0.25, -0.2) is 12.7 Å². The van der Waals surface area contributed by atoms with E-state index in [-0.39, 0.29) is 0 Å². The third-order valence-corrected chi connectivity index (χ3v) is 7.28. The first kappa shape index (κ1) is 17.2. The van der Waals surface area contributed by atoms with E-state index in [4.69, 9.17) is 0 Å². The van der Waals surface area contributed by atoms with Gasteiger partial charge in [0.25, 0.3) is 0 Å². The average Bonchev–Trinajstić information content (AvgIpc) is 2.48. The van der Waals surface area contributed by atoms with Gasteiger partial charge in [-0.1, -0.05) is 20.3 Å². The van der Waals surface area contributed by atoms with E-state index in [1.807, 2.05) is 6.92 Å². The van der Waals surface area contributed by atoms with Gasteiger partial charge >= 0.3 is 0 Å². The van der Waals surface area contributed by atoms with Crippen LogP contribution in [0.2, 0.25) is 0 Å². The summed E-state index contributed by atoms with van der Waals surface area (Å²) in [5.41, 5.74) is 0. The predicted molar refractivity (Wildman–Crippen MR) is 87.8 cm³/mol. The molecule has 0 bridgehead atoms. The average molecular weight is 317 g/mol. The lowest BCUT2D eigenvalue weighted by molar-refractivity contribution is 0.229. The van der Waals surface area contributed by atoms with Crippen molar-refractivity contribution < 1.29 is 8.42 Å². The maximum absolute atomic E-state index is 12.1. The Hall–Kier alpha value is -0.130. The molecule has 0 aromatic rings. The van der Waals surface area contributed by atoms with Gasteiger partial charge < -0.3 is 5.32 Å². The van der Waals surface area contributed by atoms with Gasteiger partial charge in [-0.15, -0.1) is 0 Å². The molecule has 2 fully saturated rings. The van der Waals surface area contributed by atoms with Crippen LogP contribution in [0.5, 0.6) is 0 Å². The highest BCUT2D eigenvalue weighted by Gasteiger charge is 2.29. The number of sulfonamides is 1. The van der Waals surface area contributed by atoms with E-state index in [9.17, 15) is 8.42 Å². The van der Waals surface area contributed by atoms with Crippen molar-refractivity contribution in [1.29, 1.82) is 0 Å². The lowest BCUT2D eigenvalue weighted by Gasteiger charge is -2.36. The Morgan fingerprint density at radius 2 is 1.52 bits per heavy atom. The molecule has 124 valence electrons. The molecule has 5 heteroatoms. The van der Waals surface area contributed by atoms with Crippen LogP contribution in [-0.2, 0) is 10.0 Å². The maximum atomic E-state index is 12.1. The lowest BCUT2D eigenvalue weighted by Crippen LogP contribution is -2.48. The fourth-order valence-corrected chi connectivity index (χ4v) is 5.30. The molecular formula is C16H32N2O2S. The summed E-state index contributed by atoms with van der Waals surface area (Å²) in [7, 11) is -3.00. The van der Waals surface area contributed by atoms with Crippen LogP contribution < -0.4 is 5.32 Å². The second kappa shape index (κ2) is 7.93. The molecule has 1 aliphatic carbocycles. The molecule has 0 aromatic carbocycles. The molecule has 0 spiro atoms. The summed E-state index contributed by atoms with van der Waals surface area (Å²) in [4.78, 5) is 0. The van der Waals surface area contributed by atoms with Crippen LogP contribution in [0.25, 0.3) is 0 Å². The topological polar surface area (TPSA) is 49.4 Å². The molecule has 0 radical (unpaired) electrons. The summed E-state index contributed by atoms with van der Waals surface area (Å²) >= 11 is 0. The molecule has 1 N–H and O–H groups in total. The molecule has 0 unspecified atom stereocenters. The summed E-state index contributed by atoms with van der Waals surface area (Å²) < 4.78 is 25.8. The van der Waals surface area contributed by atoms with E-state index in [2.05, 4.69) is 12.2 Å². The summed E-state index contributed by atoms with van der Waals surface area (Å²) in [6.45, 7) is 5.62. The zero-order valence-electron chi connectivity index (χ0n) is 13.7. The van der Waals surface area contributed by atoms with E-state index >= 15 is 0 Å². The second-order valence-corrected chi connectivity index (χ2v) is 8.87. The van der Waals surface area contributed by atoms with Gasteiger partial charge in [-0.2, -0.15) is 0 Å². The van der Waals surface area contributed by atoms with Gasteiger partial charge in [0.1, 0.15) is 0 Å². The highest BCUT2D eigenvalue weighted by atomic mass is 32.2. The Labute approximate surface area is 130 Å². The van der Waals surface area contributed by atoms with E-state index in [0.717, 1.165) is 18.8 Å². The lowest BCUT2D eigenvalue weighted by atomic mass is 9.84. The Morgan fingerprint density at radius 1 is 0.952 bits per heavy atom. The number of piperidine rings is 1. The van der Waals surface area contributed by atoms with Gasteiger partial charge in [0, 0.05) is 25.2 Å². The van der Waals surface area contributed by atoms with Gasteiger partial charge in [-0.05, 0) is 50.9 Å². The van der Waals surface area contributed by atoms with Gasteiger partial charge in [-0.3, -0.25) is 0 Å². The van der Waals surface area contributed by atoms with Crippen LogP contribution in [0.1, 0.15) is 65.2 Å². The van der Waals surface area contributed by atoms with Crippen molar-refractivity contribution in [3.8, 4) is 0 Å². The third kappa shape index (κ3) is 4.93. The van der Waals surface area contributed by atoms with Gasteiger partial charge in [0.15, 0.2) is 0 Å². The van der Waals surface area contributed by atoms with Crippen molar-refractivity contribution in [1.82, 2.24) is 9.62 Å². The molecule has 2 aliphatic rings.